The molecule has 2 heteroatoms. The zero-order chi connectivity index (χ0) is 31.7. The molecule has 1 heterocycles. The molecule has 47 heavy (non-hydrogen) atoms. The van der Waals surface area contributed by atoms with Crippen LogP contribution in [0.25, 0.3) is 76.7 Å². The maximum atomic E-state index is 5.32. The summed E-state index contributed by atoms with van der Waals surface area (Å²) in [5.74, 6) is 0. The molecule has 0 saturated heterocycles. The van der Waals surface area contributed by atoms with Gasteiger partial charge in [-0.1, -0.05) is 133 Å². The summed E-state index contributed by atoms with van der Waals surface area (Å²) in [4.78, 5) is 9.84. The summed E-state index contributed by atoms with van der Waals surface area (Å²) in [5, 5.41) is 9.69. The van der Waals surface area contributed by atoms with Gasteiger partial charge in [-0.3, -0.25) is 4.99 Å². The van der Waals surface area contributed by atoms with Crippen molar-refractivity contribution in [1.82, 2.24) is 4.98 Å². The third-order valence-electron chi connectivity index (χ3n) is 9.10. The van der Waals surface area contributed by atoms with Gasteiger partial charge in [-0.25, -0.2) is 4.98 Å². The lowest BCUT2D eigenvalue weighted by Crippen LogP contribution is -1.95. The van der Waals surface area contributed by atoms with E-state index < -0.39 is 0 Å². The Morgan fingerprint density at radius 2 is 1.04 bits per heavy atom. The summed E-state index contributed by atoms with van der Waals surface area (Å²) in [6.07, 6.45) is 4.13. The number of pyridine rings is 1. The summed E-state index contributed by atoms with van der Waals surface area (Å²) >= 11 is 0. The molecule has 8 aromatic rings. The van der Waals surface area contributed by atoms with Crippen LogP contribution in [0, 0.1) is 0 Å². The van der Waals surface area contributed by atoms with E-state index in [0.717, 1.165) is 39.3 Å². The number of aliphatic imine (C=N–C) groups is 1. The van der Waals surface area contributed by atoms with Crippen LogP contribution in [0.1, 0.15) is 18.2 Å². The number of aromatic nitrogens is 1. The van der Waals surface area contributed by atoms with Crippen LogP contribution in [0.15, 0.2) is 169 Å². The highest BCUT2D eigenvalue weighted by molar-refractivity contribution is 6.15. The van der Waals surface area contributed by atoms with E-state index in [4.69, 9.17) is 4.98 Å². The molecule has 0 saturated carbocycles. The predicted octanol–water partition coefficient (Wildman–Crippen LogP) is 12.2. The standard InChI is InChI=1S/C45H32N2/c1-30(31-14-4-3-5-15-31)24-25-43(46-2)45-29-34(41-26-32-16-6-8-18-35(32)37-20-10-12-22-39(37)41)28-44(47-45)42-27-33-17-7-9-19-36(33)38-21-11-13-23-40(38)42/h3-29H,2H2,1H3/b30-24+,43-25-. The van der Waals surface area contributed by atoms with Gasteiger partial charge in [0.2, 0.25) is 0 Å². The predicted molar refractivity (Wildman–Crippen MR) is 203 cm³/mol. The van der Waals surface area contributed by atoms with Gasteiger partial charge in [0, 0.05) is 5.56 Å². The highest BCUT2D eigenvalue weighted by Gasteiger charge is 2.16. The van der Waals surface area contributed by atoms with Crippen LogP contribution in [0.4, 0.5) is 0 Å². The zero-order valence-corrected chi connectivity index (χ0v) is 26.2. The summed E-state index contributed by atoms with van der Waals surface area (Å²) in [5.41, 5.74) is 8.04. The van der Waals surface area contributed by atoms with Gasteiger partial charge in [-0.15, -0.1) is 0 Å². The van der Waals surface area contributed by atoms with E-state index in [2.05, 4.69) is 170 Å². The quantitative estimate of drug-likeness (QED) is 0.106. The Morgan fingerprint density at radius 1 is 0.532 bits per heavy atom. The van der Waals surface area contributed by atoms with Crippen molar-refractivity contribution in [3.8, 4) is 22.4 Å². The smallest absolute Gasteiger partial charge is 0.0899 e. The molecular weight excluding hydrogens is 569 g/mol. The fourth-order valence-corrected chi connectivity index (χ4v) is 6.73. The highest BCUT2D eigenvalue weighted by atomic mass is 14.8. The van der Waals surface area contributed by atoms with Crippen molar-refractivity contribution in [3.05, 3.63) is 175 Å². The Morgan fingerprint density at radius 3 is 1.66 bits per heavy atom. The van der Waals surface area contributed by atoms with Crippen molar-refractivity contribution in [3.63, 3.8) is 0 Å². The van der Waals surface area contributed by atoms with Gasteiger partial charge < -0.3 is 0 Å². The minimum Gasteiger partial charge on any atom is -0.262 e. The van der Waals surface area contributed by atoms with Gasteiger partial charge >= 0.3 is 0 Å². The van der Waals surface area contributed by atoms with Gasteiger partial charge in [-0.05, 0) is 109 Å². The number of hydrogen-bond donors (Lipinski definition) is 0. The Labute approximate surface area is 274 Å². The van der Waals surface area contributed by atoms with E-state index in [0.29, 0.717) is 0 Å². The number of hydrogen-bond acceptors (Lipinski definition) is 2. The van der Waals surface area contributed by atoms with Crippen LogP contribution in [0.5, 0.6) is 0 Å². The molecule has 0 amide bonds. The van der Waals surface area contributed by atoms with E-state index >= 15 is 0 Å². The minimum atomic E-state index is 0.721. The van der Waals surface area contributed by atoms with Crippen LogP contribution < -0.4 is 0 Å². The van der Waals surface area contributed by atoms with Gasteiger partial charge in [0.1, 0.15) is 0 Å². The first-order chi connectivity index (χ1) is 23.2. The molecule has 0 radical (unpaired) electrons. The van der Waals surface area contributed by atoms with Crippen LogP contribution >= 0.6 is 0 Å². The summed E-state index contributed by atoms with van der Waals surface area (Å²) in [7, 11) is 0. The fourth-order valence-electron chi connectivity index (χ4n) is 6.73. The zero-order valence-electron chi connectivity index (χ0n) is 26.2. The molecule has 0 bridgehead atoms. The number of allylic oxidation sites excluding steroid dienone is 3. The van der Waals surface area contributed by atoms with Crippen LogP contribution in [-0.2, 0) is 0 Å². The summed E-state index contributed by atoms with van der Waals surface area (Å²) in [6, 6.07) is 53.9. The molecule has 0 aliphatic carbocycles. The van der Waals surface area contributed by atoms with Gasteiger partial charge in [0.25, 0.3) is 0 Å². The lowest BCUT2D eigenvalue weighted by Gasteiger charge is -2.16. The Hall–Kier alpha value is -6.12. The molecule has 0 atom stereocenters. The molecule has 0 aliphatic rings. The number of benzene rings is 7. The topological polar surface area (TPSA) is 25.2 Å². The highest BCUT2D eigenvalue weighted by Crippen LogP contribution is 2.40. The molecule has 0 N–H and O–H groups in total. The molecule has 2 nitrogen and oxygen atoms in total. The molecule has 0 aliphatic heterocycles. The van der Waals surface area contributed by atoms with Crippen molar-refractivity contribution in [2.75, 3.05) is 0 Å². The molecule has 1 aromatic heterocycles. The monoisotopic (exact) mass is 600 g/mol. The molecule has 7 aromatic carbocycles. The first-order valence-corrected chi connectivity index (χ1v) is 15.9. The summed E-state index contributed by atoms with van der Waals surface area (Å²) in [6.45, 7) is 6.10. The van der Waals surface area contributed by atoms with Gasteiger partial charge in [0.15, 0.2) is 0 Å². The third kappa shape index (κ3) is 5.20. The van der Waals surface area contributed by atoms with Crippen molar-refractivity contribution in [2.24, 2.45) is 4.99 Å². The van der Waals surface area contributed by atoms with E-state index in [1.165, 1.54) is 48.7 Å². The van der Waals surface area contributed by atoms with E-state index in [9.17, 15) is 0 Å². The van der Waals surface area contributed by atoms with Crippen molar-refractivity contribution in [1.29, 1.82) is 0 Å². The average Bonchev–Trinajstić information content (AvgIpc) is 3.14. The van der Waals surface area contributed by atoms with Gasteiger partial charge in [0.05, 0.1) is 17.1 Å². The molecule has 0 fully saturated rings. The second-order valence-corrected chi connectivity index (χ2v) is 11.9. The van der Waals surface area contributed by atoms with Crippen molar-refractivity contribution < 1.29 is 0 Å². The second-order valence-electron chi connectivity index (χ2n) is 11.9. The van der Waals surface area contributed by atoms with Gasteiger partial charge in [-0.2, -0.15) is 0 Å². The van der Waals surface area contributed by atoms with Crippen LogP contribution in [0.3, 0.4) is 0 Å². The number of nitrogens with zero attached hydrogens (tertiary/aromatic N) is 2. The third-order valence-corrected chi connectivity index (χ3v) is 9.10. The molecule has 8 rings (SSSR count). The van der Waals surface area contributed by atoms with Crippen molar-refractivity contribution >= 4 is 61.1 Å². The van der Waals surface area contributed by atoms with E-state index in [-0.39, 0.29) is 0 Å². The lowest BCUT2D eigenvalue weighted by molar-refractivity contribution is 1.27. The lowest BCUT2D eigenvalue weighted by atomic mass is 9.91. The second kappa shape index (κ2) is 12.0. The number of rotatable bonds is 6. The maximum absolute atomic E-state index is 5.32. The van der Waals surface area contributed by atoms with Crippen LogP contribution in [0.2, 0.25) is 0 Å². The Kier molecular flexibility index (Phi) is 7.24. The molecule has 222 valence electrons. The van der Waals surface area contributed by atoms with Crippen LogP contribution in [-0.4, -0.2) is 11.7 Å². The summed E-state index contributed by atoms with van der Waals surface area (Å²) < 4.78 is 0. The minimum absolute atomic E-state index is 0.721. The van der Waals surface area contributed by atoms with Crippen molar-refractivity contribution in [2.45, 2.75) is 6.92 Å². The molecular formula is C45H32N2. The molecule has 0 unspecified atom stereocenters. The molecule has 0 spiro atoms. The number of fused-ring (bicyclic) bond motifs is 6. The average molecular weight is 601 g/mol. The maximum Gasteiger partial charge on any atom is 0.0899 e. The Balaban J connectivity index is 1.41. The van der Waals surface area contributed by atoms with E-state index in [1.807, 2.05) is 12.1 Å². The Bertz CT molecular complexity index is 2400. The first-order valence-electron chi connectivity index (χ1n) is 15.9. The largest absolute Gasteiger partial charge is 0.262 e. The SMILES string of the molecule is C=N/C(=C\C=C(/C)c1ccccc1)c1cc(-c2cc3ccccc3c3ccccc23)cc(-c2cc3ccccc3c3ccccc23)n1. The van der Waals surface area contributed by atoms with E-state index in [1.54, 1.807) is 0 Å². The normalized spacial score (nSPS) is 12.3. The fraction of sp³-hybridized carbons (Fsp3) is 0.0222. The first kappa shape index (κ1) is 28.4.